The molecule has 0 aliphatic heterocycles. The summed E-state index contributed by atoms with van der Waals surface area (Å²) < 4.78 is 13.0. The Morgan fingerprint density at radius 1 is 1.21 bits per heavy atom. The third-order valence-electron chi connectivity index (χ3n) is 2.55. The van der Waals surface area contributed by atoms with Crippen LogP contribution in [0.3, 0.4) is 0 Å². The number of amides is 1. The first-order valence-corrected chi connectivity index (χ1v) is 5.94. The van der Waals surface area contributed by atoms with E-state index >= 15 is 0 Å². The van der Waals surface area contributed by atoms with Gasteiger partial charge in [0.15, 0.2) is 6.10 Å². The summed E-state index contributed by atoms with van der Waals surface area (Å²) in [5.74, 6) is -1.19. The van der Waals surface area contributed by atoms with E-state index in [1.807, 2.05) is 0 Å². The SMILES string of the molecule is O=C(Nc1cc(F)ccc1Cl)C(O)c1ccccc1. The molecule has 2 N–H and O–H groups in total. The Bertz CT molecular complexity index is 589. The van der Waals surface area contributed by atoms with Gasteiger partial charge >= 0.3 is 0 Å². The Morgan fingerprint density at radius 3 is 2.58 bits per heavy atom. The van der Waals surface area contributed by atoms with Gasteiger partial charge in [0.05, 0.1) is 10.7 Å². The minimum atomic E-state index is -1.33. The second kappa shape index (κ2) is 5.82. The van der Waals surface area contributed by atoms with E-state index in [0.717, 1.165) is 6.07 Å². The smallest absolute Gasteiger partial charge is 0.257 e. The van der Waals surface area contributed by atoms with Gasteiger partial charge in [-0.25, -0.2) is 4.39 Å². The summed E-state index contributed by atoms with van der Waals surface area (Å²) in [6, 6.07) is 12.1. The number of benzene rings is 2. The van der Waals surface area contributed by atoms with Crippen LogP contribution >= 0.6 is 11.6 Å². The summed E-state index contributed by atoms with van der Waals surface area (Å²) in [7, 11) is 0. The van der Waals surface area contributed by atoms with E-state index in [9.17, 15) is 14.3 Å². The zero-order valence-corrected chi connectivity index (χ0v) is 10.6. The lowest BCUT2D eigenvalue weighted by Crippen LogP contribution is -2.21. The first kappa shape index (κ1) is 13.5. The van der Waals surface area contributed by atoms with Gasteiger partial charge in [-0.15, -0.1) is 0 Å². The first-order valence-electron chi connectivity index (χ1n) is 5.57. The van der Waals surface area contributed by atoms with Gasteiger partial charge in [0.2, 0.25) is 0 Å². The standard InChI is InChI=1S/C14H11ClFNO2/c15-11-7-6-10(16)8-12(11)17-14(19)13(18)9-4-2-1-3-5-9/h1-8,13,18H,(H,17,19). The lowest BCUT2D eigenvalue weighted by Gasteiger charge is -2.12. The number of nitrogens with one attached hydrogen (secondary N) is 1. The molecule has 2 aromatic rings. The van der Waals surface area contributed by atoms with Crippen LogP contribution in [0.5, 0.6) is 0 Å². The fourth-order valence-electron chi connectivity index (χ4n) is 1.58. The Labute approximate surface area is 114 Å². The van der Waals surface area contributed by atoms with E-state index in [0.29, 0.717) is 5.56 Å². The molecule has 5 heteroatoms. The van der Waals surface area contributed by atoms with Crippen LogP contribution in [0.4, 0.5) is 10.1 Å². The van der Waals surface area contributed by atoms with Gasteiger partial charge in [-0.3, -0.25) is 4.79 Å². The summed E-state index contributed by atoms with van der Waals surface area (Å²) >= 11 is 5.83. The summed E-state index contributed by atoms with van der Waals surface area (Å²) in [6.45, 7) is 0. The zero-order valence-electron chi connectivity index (χ0n) is 9.81. The molecule has 1 amide bonds. The number of rotatable bonds is 3. The second-order valence-corrected chi connectivity index (χ2v) is 4.33. The molecule has 0 aliphatic carbocycles. The van der Waals surface area contributed by atoms with Crippen molar-refractivity contribution in [3.63, 3.8) is 0 Å². The molecule has 3 nitrogen and oxygen atoms in total. The van der Waals surface area contributed by atoms with E-state index < -0.39 is 17.8 Å². The van der Waals surface area contributed by atoms with Crippen molar-refractivity contribution in [3.8, 4) is 0 Å². The maximum Gasteiger partial charge on any atom is 0.257 e. The van der Waals surface area contributed by atoms with Crippen LogP contribution in [0, 0.1) is 5.82 Å². The fourth-order valence-corrected chi connectivity index (χ4v) is 1.75. The van der Waals surface area contributed by atoms with E-state index in [1.165, 1.54) is 12.1 Å². The van der Waals surface area contributed by atoms with Gasteiger partial charge in [0.1, 0.15) is 5.82 Å². The number of carbonyl (C=O) groups is 1. The average molecular weight is 280 g/mol. The number of anilines is 1. The van der Waals surface area contributed by atoms with E-state index in [-0.39, 0.29) is 10.7 Å². The Balaban J connectivity index is 2.15. The van der Waals surface area contributed by atoms with E-state index in [4.69, 9.17) is 11.6 Å². The van der Waals surface area contributed by atoms with Crippen LogP contribution in [0.2, 0.25) is 5.02 Å². The van der Waals surface area contributed by atoms with Gasteiger partial charge in [-0.1, -0.05) is 41.9 Å². The highest BCUT2D eigenvalue weighted by molar-refractivity contribution is 6.33. The monoisotopic (exact) mass is 279 g/mol. The van der Waals surface area contributed by atoms with Gasteiger partial charge in [-0.05, 0) is 23.8 Å². The number of hydrogen-bond acceptors (Lipinski definition) is 2. The van der Waals surface area contributed by atoms with Crippen molar-refractivity contribution in [2.24, 2.45) is 0 Å². The molecule has 0 spiro atoms. The summed E-state index contributed by atoms with van der Waals surface area (Å²) in [6.07, 6.45) is -1.33. The Hall–Kier alpha value is -1.91. The highest BCUT2D eigenvalue weighted by Gasteiger charge is 2.18. The largest absolute Gasteiger partial charge is 0.378 e. The Kier molecular flexibility index (Phi) is 4.14. The second-order valence-electron chi connectivity index (χ2n) is 3.93. The lowest BCUT2D eigenvalue weighted by atomic mass is 10.1. The molecule has 0 aliphatic rings. The van der Waals surface area contributed by atoms with Crippen LogP contribution in [0.15, 0.2) is 48.5 Å². The Morgan fingerprint density at radius 2 is 1.89 bits per heavy atom. The summed E-state index contributed by atoms with van der Waals surface area (Å²) in [5.41, 5.74) is 0.578. The molecular formula is C14H11ClFNO2. The lowest BCUT2D eigenvalue weighted by molar-refractivity contribution is -0.124. The van der Waals surface area contributed by atoms with Crippen molar-refractivity contribution in [3.05, 3.63) is 64.9 Å². The molecule has 0 fully saturated rings. The minimum absolute atomic E-state index is 0.127. The van der Waals surface area contributed by atoms with Crippen molar-refractivity contribution in [2.45, 2.75) is 6.10 Å². The summed E-state index contributed by atoms with van der Waals surface area (Å²) in [4.78, 5) is 11.8. The van der Waals surface area contributed by atoms with E-state index in [1.54, 1.807) is 30.3 Å². The molecular weight excluding hydrogens is 269 g/mol. The van der Waals surface area contributed by atoms with Gasteiger partial charge in [-0.2, -0.15) is 0 Å². The molecule has 0 saturated carbocycles. The van der Waals surface area contributed by atoms with Gasteiger partial charge < -0.3 is 10.4 Å². The molecule has 2 rings (SSSR count). The highest BCUT2D eigenvalue weighted by atomic mass is 35.5. The molecule has 1 atom stereocenters. The highest BCUT2D eigenvalue weighted by Crippen LogP contribution is 2.24. The third kappa shape index (κ3) is 3.30. The van der Waals surface area contributed by atoms with Crippen molar-refractivity contribution in [2.75, 3.05) is 5.32 Å². The number of aliphatic hydroxyl groups is 1. The minimum Gasteiger partial charge on any atom is -0.378 e. The predicted molar refractivity (Wildman–Crippen MR) is 71.4 cm³/mol. The normalized spacial score (nSPS) is 11.9. The molecule has 0 heterocycles. The number of hydrogen-bond donors (Lipinski definition) is 2. The number of aliphatic hydroxyl groups excluding tert-OH is 1. The molecule has 0 saturated heterocycles. The van der Waals surface area contributed by atoms with Crippen molar-refractivity contribution in [1.82, 2.24) is 0 Å². The number of carbonyl (C=O) groups excluding carboxylic acids is 1. The molecule has 19 heavy (non-hydrogen) atoms. The molecule has 0 aromatic heterocycles. The maximum absolute atomic E-state index is 13.0. The van der Waals surface area contributed by atoms with Crippen molar-refractivity contribution < 1.29 is 14.3 Å². The predicted octanol–water partition coefficient (Wildman–Crippen LogP) is 3.15. The molecule has 98 valence electrons. The first-order chi connectivity index (χ1) is 9.08. The van der Waals surface area contributed by atoms with Crippen LogP contribution in [-0.4, -0.2) is 11.0 Å². The van der Waals surface area contributed by atoms with Crippen LogP contribution in [0.1, 0.15) is 11.7 Å². The topological polar surface area (TPSA) is 49.3 Å². The van der Waals surface area contributed by atoms with Crippen LogP contribution in [-0.2, 0) is 4.79 Å². The van der Waals surface area contributed by atoms with Crippen LogP contribution in [0.25, 0.3) is 0 Å². The van der Waals surface area contributed by atoms with Gasteiger partial charge in [0, 0.05) is 0 Å². The van der Waals surface area contributed by atoms with E-state index in [2.05, 4.69) is 5.32 Å². The van der Waals surface area contributed by atoms with Gasteiger partial charge in [0.25, 0.3) is 5.91 Å². The zero-order chi connectivity index (χ0) is 13.8. The number of halogens is 2. The fraction of sp³-hybridized carbons (Fsp3) is 0.0714. The summed E-state index contributed by atoms with van der Waals surface area (Å²) in [5, 5.41) is 12.5. The van der Waals surface area contributed by atoms with Crippen molar-refractivity contribution >= 4 is 23.2 Å². The van der Waals surface area contributed by atoms with Crippen LogP contribution < -0.4 is 5.32 Å². The van der Waals surface area contributed by atoms with Crippen molar-refractivity contribution in [1.29, 1.82) is 0 Å². The quantitative estimate of drug-likeness (QED) is 0.907. The molecule has 0 radical (unpaired) electrons. The maximum atomic E-state index is 13.0. The molecule has 0 bridgehead atoms. The third-order valence-corrected chi connectivity index (χ3v) is 2.88. The average Bonchev–Trinajstić information content (AvgIpc) is 2.43. The molecule has 2 aromatic carbocycles. The molecule has 1 unspecified atom stereocenters.